The predicted octanol–water partition coefficient (Wildman–Crippen LogP) is 3.01. The summed E-state index contributed by atoms with van der Waals surface area (Å²) in [6.07, 6.45) is -2.10. The van der Waals surface area contributed by atoms with Crippen LogP contribution in [0.2, 0.25) is 0 Å². The monoisotopic (exact) mass is 382 g/mol. The van der Waals surface area contributed by atoms with Crippen molar-refractivity contribution < 1.29 is 22.0 Å². The zero-order chi connectivity index (χ0) is 18.4. The average molecular weight is 382 g/mol. The number of aliphatic imine (C=N–C) groups is 1. The summed E-state index contributed by atoms with van der Waals surface area (Å²) in [5.41, 5.74) is -0.949. The van der Waals surface area contributed by atoms with Crippen LogP contribution in [-0.4, -0.2) is 27.0 Å². The quantitative estimate of drug-likeness (QED) is 0.458. The van der Waals surface area contributed by atoms with E-state index in [9.17, 15) is 22.0 Å². The van der Waals surface area contributed by atoms with Gasteiger partial charge in [0.2, 0.25) is 0 Å². The first-order valence-corrected chi connectivity index (χ1v) is 8.03. The summed E-state index contributed by atoms with van der Waals surface area (Å²) in [7, 11) is 0. The van der Waals surface area contributed by atoms with Gasteiger partial charge in [-0.15, -0.1) is 11.3 Å². The molecule has 138 valence electrons. The molecule has 2 aromatic heterocycles. The second-order valence-electron chi connectivity index (χ2n) is 4.70. The molecule has 0 aliphatic heterocycles. The summed E-state index contributed by atoms with van der Waals surface area (Å²) in [4.78, 5) is 11.4. The van der Waals surface area contributed by atoms with Crippen LogP contribution in [0.4, 0.5) is 22.0 Å². The van der Waals surface area contributed by atoms with E-state index >= 15 is 0 Å². The Morgan fingerprint density at radius 3 is 2.72 bits per heavy atom. The Bertz CT molecular complexity index is 708. The number of imidazole rings is 1. The summed E-state index contributed by atoms with van der Waals surface area (Å²) in [5, 5.41) is 6.84. The van der Waals surface area contributed by atoms with E-state index in [2.05, 4.69) is 25.6 Å². The summed E-state index contributed by atoms with van der Waals surface area (Å²) in [6.45, 7) is -0.531. The van der Waals surface area contributed by atoms with Gasteiger partial charge in [0.1, 0.15) is 17.4 Å². The molecule has 0 saturated carbocycles. The molecule has 25 heavy (non-hydrogen) atoms. The molecular formula is C13H15F5N6S. The maximum atomic E-state index is 12.7. The van der Waals surface area contributed by atoms with Crippen molar-refractivity contribution in [1.29, 1.82) is 0 Å². The van der Waals surface area contributed by atoms with Crippen LogP contribution in [0, 0.1) is 0 Å². The Morgan fingerprint density at radius 1 is 1.36 bits per heavy atom. The first-order valence-electron chi connectivity index (χ1n) is 7.15. The predicted molar refractivity (Wildman–Crippen MR) is 82.3 cm³/mol. The Labute approximate surface area is 143 Å². The van der Waals surface area contributed by atoms with Crippen molar-refractivity contribution in [2.75, 3.05) is 6.54 Å². The third-order valence-corrected chi connectivity index (χ3v) is 3.78. The van der Waals surface area contributed by atoms with Gasteiger partial charge in [0.15, 0.2) is 11.7 Å². The fraction of sp³-hybridized carbons (Fsp3) is 0.462. The summed E-state index contributed by atoms with van der Waals surface area (Å²) in [5.74, 6) is 0.330. The van der Waals surface area contributed by atoms with E-state index in [1.807, 2.05) is 0 Å². The van der Waals surface area contributed by atoms with Gasteiger partial charge >= 0.3 is 12.7 Å². The van der Waals surface area contributed by atoms with E-state index in [-0.39, 0.29) is 29.9 Å². The lowest BCUT2D eigenvalue weighted by Gasteiger charge is -2.10. The molecule has 6 nitrogen and oxygen atoms in total. The highest BCUT2D eigenvalue weighted by Gasteiger charge is 2.33. The number of guanidine groups is 1. The van der Waals surface area contributed by atoms with Gasteiger partial charge in [-0.3, -0.25) is 4.57 Å². The highest BCUT2D eigenvalue weighted by molar-refractivity contribution is 7.09. The van der Waals surface area contributed by atoms with E-state index in [0.717, 1.165) is 22.9 Å². The van der Waals surface area contributed by atoms with Crippen LogP contribution < -0.4 is 10.6 Å². The summed E-state index contributed by atoms with van der Waals surface area (Å²) in [6, 6.07) is 0. The van der Waals surface area contributed by atoms with Crippen molar-refractivity contribution in [3.05, 3.63) is 34.3 Å². The van der Waals surface area contributed by atoms with E-state index in [1.165, 1.54) is 6.20 Å². The Kier molecular flexibility index (Phi) is 6.28. The summed E-state index contributed by atoms with van der Waals surface area (Å²) < 4.78 is 63.7. The molecule has 0 aliphatic rings. The van der Waals surface area contributed by atoms with Crippen LogP contribution in [0.3, 0.4) is 0 Å². The van der Waals surface area contributed by atoms with Crippen molar-refractivity contribution >= 4 is 17.3 Å². The minimum Gasteiger partial charge on any atom is -0.357 e. The van der Waals surface area contributed by atoms with Crippen LogP contribution >= 0.6 is 11.3 Å². The molecule has 2 aromatic rings. The zero-order valence-corrected chi connectivity index (χ0v) is 13.8. The molecule has 0 spiro atoms. The molecule has 2 heterocycles. The van der Waals surface area contributed by atoms with E-state index in [4.69, 9.17) is 0 Å². The molecule has 0 amide bonds. The normalized spacial score (nSPS) is 12.7. The second-order valence-corrected chi connectivity index (χ2v) is 5.64. The number of rotatable bonds is 6. The highest BCUT2D eigenvalue weighted by Crippen LogP contribution is 2.29. The number of alkyl halides is 5. The lowest BCUT2D eigenvalue weighted by atomic mass is 10.5. The number of hydrogen-bond donors (Lipinski definition) is 2. The maximum absolute atomic E-state index is 12.7. The van der Waals surface area contributed by atoms with Crippen molar-refractivity contribution in [3.8, 4) is 0 Å². The maximum Gasteiger partial charge on any atom is 0.434 e. The molecule has 2 N–H and O–H groups in total. The topological polar surface area (TPSA) is 67.1 Å². The van der Waals surface area contributed by atoms with Gasteiger partial charge in [0, 0.05) is 24.3 Å². The zero-order valence-electron chi connectivity index (χ0n) is 13.0. The third-order valence-electron chi connectivity index (χ3n) is 2.93. The van der Waals surface area contributed by atoms with Gasteiger partial charge in [-0.1, -0.05) is 0 Å². The van der Waals surface area contributed by atoms with Crippen molar-refractivity contribution in [2.45, 2.75) is 32.7 Å². The molecule has 2 rings (SSSR count). The number of nitrogens with one attached hydrogen (secondary N) is 2. The number of hydrogen-bond acceptors (Lipinski definition) is 4. The molecule has 0 fully saturated rings. The Morgan fingerprint density at radius 2 is 2.12 bits per heavy atom. The molecule has 0 aliphatic carbocycles. The van der Waals surface area contributed by atoms with Crippen LogP contribution in [0.25, 0.3) is 0 Å². The van der Waals surface area contributed by atoms with Crippen LogP contribution in [0.1, 0.15) is 30.0 Å². The number of aromatic nitrogens is 3. The van der Waals surface area contributed by atoms with Crippen molar-refractivity contribution in [3.63, 3.8) is 0 Å². The largest absolute Gasteiger partial charge is 0.434 e. The molecule has 12 heteroatoms. The molecular weight excluding hydrogens is 367 g/mol. The SMILES string of the molecule is CCNC(=NCc1nccn1C(F)F)NCc1nc(C(F)(F)F)cs1. The van der Waals surface area contributed by atoms with E-state index in [0.29, 0.717) is 11.1 Å². The fourth-order valence-corrected chi connectivity index (χ4v) is 2.56. The van der Waals surface area contributed by atoms with Crippen molar-refractivity contribution in [2.24, 2.45) is 4.99 Å². The summed E-state index contributed by atoms with van der Waals surface area (Å²) >= 11 is 0.867. The first kappa shape index (κ1) is 19.1. The number of thiazole rings is 1. The standard InChI is InChI=1S/C13H15F5N6S/c1-2-19-12(21-5-9-20-3-4-24(9)11(14)15)22-6-10-23-8(7-25-10)13(16,17)18/h3-4,7,11H,2,5-6H2,1H3,(H2,19,21,22). The average Bonchev–Trinajstić information content (AvgIpc) is 3.18. The van der Waals surface area contributed by atoms with Crippen molar-refractivity contribution in [1.82, 2.24) is 25.2 Å². The molecule has 0 unspecified atom stereocenters. The molecule has 0 atom stereocenters. The van der Waals surface area contributed by atoms with Crippen LogP contribution in [0.5, 0.6) is 0 Å². The second kappa shape index (κ2) is 8.23. The lowest BCUT2D eigenvalue weighted by Crippen LogP contribution is -2.36. The van der Waals surface area contributed by atoms with Gasteiger partial charge < -0.3 is 10.6 Å². The van der Waals surface area contributed by atoms with Crippen LogP contribution in [-0.2, 0) is 19.3 Å². The first-order chi connectivity index (χ1) is 11.8. The molecule has 0 bridgehead atoms. The minimum absolute atomic E-state index is 0.0237. The van der Waals surface area contributed by atoms with Gasteiger partial charge in [-0.25, -0.2) is 15.0 Å². The highest BCUT2D eigenvalue weighted by atomic mass is 32.1. The minimum atomic E-state index is -4.49. The van der Waals surface area contributed by atoms with Gasteiger partial charge in [0.05, 0.1) is 6.54 Å². The third kappa shape index (κ3) is 5.37. The van der Waals surface area contributed by atoms with E-state index in [1.54, 1.807) is 6.92 Å². The lowest BCUT2D eigenvalue weighted by molar-refractivity contribution is -0.140. The smallest absolute Gasteiger partial charge is 0.357 e. The van der Waals surface area contributed by atoms with Gasteiger partial charge in [-0.2, -0.15) is 22.0 Å². The van der Waals surface area contributed by atoms with Crippen LogP contribution in [0.15, 0.2) is 22.8 Å². The molecule has 0 radical (unpaired) electrons. The Balaban J connectivity index is 2.00. The van der Waals surface area contributed by atoms with E-state index < -0.39 is 18.4 Å². The number of nitrogens with zero attached hydrogens (tertiary/aromatic N) is 4. The van der Waals surface area contributed by atoms with Gasteiger partial charge in [-0.05, 0) is 6.92 Å². The molecule has 0 saturated heterocycles. The Hall–Kier alpha value is -2.24. The van der Waals surface area contributed by atoms with Gasteiger partial charge in [0.25, 0.3) is 0 Å². The fourth-order valence-electron chi connectivity index (χ4n) is 1.82. The molecule has 0 aromatic carbocycles. The number of halogens is 5.